The third-order valence-corrected chi connectivity index (χ3v) is 5.95. The van der Waals surface area contributed by atoms with Crippen LogP contribution in [0.15, 0.2) is 46.4 Å². The second-order valence-corrected chi connectivity index (χ2v) is 8.67. The molecule has 0 aliphatic rings. The Kier molecular flexibility index (Phi) is 8.04. The van der Waals surface area contributed by atoms with Crippen LogP contribution in [-0.2, 0) is 19.7 Å². The van der Waals surface area contributed by atoms with Crippen molar-refractivity contribution >= 4 is 39.4 Å². The molecule has 0 atom stereocenters. The lowest BCUT2D eigenvalue weighted by molar-refractivity contribution is -0.120. The second-order valence-electron chi connectivity index (χ2n) is 6.11. The number of rotatable bonds is 9. The molecule has 0 saturated carbocycles. The molecule has 0 aromatic heterocycles. The number of nitrogens with zero attached hydrogens (tertiary/aromatic N) is 2. The van der Waals surface area contributed by atoms with Gasteiger partial charge in [0, 0.05) is 25.3 Å². The number of sulfonamides is 1. The molecule has 0 spiro atoms. The van der Waals surface area contributed by atoms with E-state index in [9.17, 15) is 13.2 Å². The summed E-state index contributed by atoms with van der Waals surface area (Å²) in [5.41, 5.74) is 1.02. The van der Waals surface area contributed by atoms with E-state index in [1.807, 2.05) is 0 Å². The summed E-state index contributed by atoms with van der Waals surface area (Å²) in [7, 11) is 2.32. The lowest BCUT2D eigenvalue weighted by Crippen LogP contribution is -2.22. The smallest absolute Gasteiger partial charge is 0.265 e. The minimum Gasteiger partial charge on any atom is -0.493 e. The molecule has 1 N–H and O–H groups in total. The third-order valence-electron chi connectivity index (χ3n) is 3.84. The van der Waals surface area contributed by atoms with E-state index >= 15 is 0 Å². The molecule has 0 heterocycles. The van der Waals surface area contributed by atoms with Crippen LogP contribution >= 0.6 is 11.6 Å². The molecule has 0 radical (unpaired) electrons. The SMILES string of the molecule is COc1cc(/C=N/OCC(=O)Nc2ccc(S(=O)(=O)N(C)C)cc2)cc(Cl)c1OC. The van der Waals surface area contributed by atoms with E-state index in [0.29, 0.717) is 27.8 Å². The van der Waals surface area contributed by atoms with Gasteiger partial charge in [-0.15, -0.1) is 0 Å². The Labute approximate surface area is 180 Å². The highest BCUT2D eigenvalue weighted by Gasteiger charge is 2.16. The number of carbonyl (C=O) groups is 1. The molecule has 162 valence electrons. The van der Waals surface area contributed by atoms with Crippen molar-refractivity contribution in [1.29, 1.82) is 0 Å². The van der Waals surface area contributed by atoms with Crippen LogP contribution in [0.25, 0.3) is 0 Å². The Morgan fingerprint density at radius 3 is 2.40 bits per heavy atom. The largest absolute Gasteiger partial charge is 0.493 e. The number of hydrogen-bond donors (Lipinski definition) is 1. The molecule has 0 bridgehead atoms. The fourth-order valence-corrected chi connectivity index (χ4v) is 3.52. The molecule has 30 heavy (non-hydrogen) atoms. The van der Waals surface area contributed by atoms with Crippen molar-refractivity contribution in [2.75, 3.05) is 40.2 Å². The van der Waals surface area contributed by atoms with Gasteiger partial charge in [-0.05, 0) is 36.4 Å². The Hall–Kier alpha value is -2.82. The molecule has 2 aromatic carbocycles. The average molecular weight is 456 g/mol. The maximum atomic E-state index is 12.0. The number of carbonyl (C=O) groups excluding carboxylic acids is 1. The Balaban J connectivity index is 1.92. The van der Waals surface area contributed by atoms with Gasteiger partial charge in [-0.1, -0.05) is 16.8 Å². The summed E-state index contributed by atoms with van der Waals surface area (Å²) in [5.74, 6) is 0.380. The first kappa shape index (κ1) is 23.5. The van der Waals surface area contributed by atoms with Crippen molar-refractivity contribution in [3.05, 3.63) is 47.0 Å². The molecule has 9 nitrogen and oxygen atoms in total. The van der Waals surface area contributed by atoms with Crippen LogP contribution in [0.5, 0.6) is 11.5 Å². The fourth-order valence-electron chi connectivity index (χ4n) is 2.32. The van der Waals surface area contributed by atoms with Crippen molar-refractivity contribution in [3.8, 4) is 11.5 Å². The monoisotopic (exact) mass is 455 g/mol. The van der Waals surface area contributed by atoms with E-state index in [0.717, 1.165) is 4.31 Å². The third kappa shape index (κ3) is 5.85. The summed E-state index contributed by atoms with van der Waals surface area (Å²) >= 11 is 6.11. The summed E-state index contributed by atoms with van der Waals surface area (Å²) < 4.78 is 35.5. The summed E-state index contributed by atoms with van der Waals surface area (Å²) in [6.45, 7) is -0.338. The molecule has 0 unspecified atom stereocenters. The maximum Gasteiger partial charge on any atom is 0.265 e. The van der Waals surface area contributed by atoms with E-state index in [1.165, 1.54) is 58.8 Å². The summed E-state index contributed by atoms with van der Waals surface area (Å²) in [6, 6.07) is 9.06. The van der Waals surface area contributed by atoms with Gasteiger partial charge in [0.05, 0.1) is 30.4 Å². The molecule has 11 heteroatoms. The van der Waals surface area contributed by atoms with Crippen molar-refractivity contribution in [1.82, 2.24) is 4.31 Å². The first-order chi connectivity index (χ1) is 14.2. The average Bonchev–Trinajstić information content (AvgIpc) is 2.71. The highest BCUT2D eigenvalue weighted by Crippen LogP contribution is 2.35. The van der Waals surface area contributed by atoms with Gasteiger partial charge in [0.15, 0.2) is 18.1 Å². The number of halogens is 1. The van der Waals surface area contributed by atoms with Gasteiger partial charge in [0.2, 0.25) is 10.0 Å². The molecule has 0 saturated heterocycles. The lowest BCUT2D eigenvalue weighted by Gasteiger charge is -2.11. The molecule has 0 aliphatic heterocycles. The minimum atomic E-state index is -3.53. The van der Waals surface area contributed by atoms with Crippen LogP contribution < -0.4 is 14.8 Å². The van der Waals surface area contributed by atoms with Gasteiger partial charge in [-0.3, -0.25) is 4.79 Å². The van der Waals surface area contributed by atoms with Crippen LogP contribution in [0.1, 0.15) is 5.56 Å². The molecular weight excluding hydrogens is 434 g/mol. The van der Waals surface area contributed by atoms with Gasteiger partial charge < -0.3 is 19.6 Å². The first-order valence-electron chi connectivity index (χ1n) is 8.58. The number of oxime groups is 1. The van der Waals surface area contributed by atoms with E-state index < -0.39 is 15.9 Å². The number of benzene rings is 2. The number of nitrogens with one attached hydrogen (secondary N) is 1. The van der Waals surface area contributed by atoms with Crippen LogP contribution in [-0.4, -0.2) is 59.8 Å². The summed E-state index contributed by atoms with van der Waals surface area (Å²) in [6.07, 6.45) is 1.38. The van der Waals surface area contributed by atoms with Gasteiger partial charge in [0.1, 0.15) is 0 Å². The standard InChI is InChI=1S/C19H22ClN3O6S/c1-23(2)30(25,26)15-7-5-14(6-8-15)22-18(24)12-29-21-11-13-9-16(20)19(28-4)17(10-13)27-3/h5-11H,12H2,1-4H3,(H,22,24)/b21-11+. The predicted octanol–water partition coefficient (Wildman–Crippen LogP) is 2.60. The molecule has 2 rings (SSSR count). The maximum absolute atomic E-state index is 12.0. The van der Waals surface area contributed by atoms with Crippen molar-refractivity contribution < 1.29 is 27.5 Å². The van der Waals surface area contributed by atoms with Crippen molar-refractivity contribution in [3.63, 3.8) is 0 Å². The first-order valence-corrected chi connectivity index (χ1v) is 10.4. The number of amides is 1. The molecule has 2 aromatic rings. The highest BCUT2D eigenvalue weighted by molar-refractivity contribution is 7.89. The van der Waals surface area contributed by atoms with E-state index in [4.69, 9.17) is 25.9 Å². The van der Waals surface area contributed by atoms with Crippen LogP contribution in [0.3, 0.4) is 0 Å². The number of methoxy groups -OCH3 is 2. The van der Waals surface area contributed by atoms with Gasteiger partial charge in [0.25, 0.3) is 5.91 Å². The quantitative estimate of drug-likeness (QED) is 0.460. The molecular formula is C19H22ClN3O6S. The van der Waals surface area contributed by atoms with Gasteiger partial charge in [-0.25, -0.2) is 12.7 Å². The highest BCUT2D eigenvalue weighted by atomic mass is 35.5. The number of hydrogen-bond acceptors (Lipinski definition) is 7. The van der Waals surface area contributed by atoms with E-state index in [2.05, 4.69) is 10.5 Å². The zero-order chi connectivity index (χ0) is 22.3. The normalized spacial score (nSPS) is 11.5. The second kappa shape index (κ2) is 10.3. The Bertz CT molecular complexity index is 1020. The van der Waals surface area contributed by atoms with Gasteiger partial charge in [-0.2, -0.15) is 0 Å². The van der Waals surface area contributed by atoms with Crippen LogP contribution in [0.2, 0.25) is 5.02 Å². The topological polar surface area (TPSA) is 107 Å². The fraction of sp³-hybridized carbons (Fsp3) is 0.263. The van der Waals surface area contributed by atoms with E-state index in [-0.39, 0.29) is 11.5 Å². The van der Waals surface area contributed by atoms with Gasteiger partial charge >= 0.3 is 0 Å². The van der Waals surface area contributed by atoms with E-state index in [1.54, 1.807) is 12.1 Å². The van der Waals surface area contributed by atoms with Crippen LogP contribution in [0, 0.1) is 0 Å². The number of anilines is 1. The van der Waals surface area contributed by atoms with Crippen molar-refractivity contribution in [2.45, 2.75) is 4.90 Å². The van der Waals surface area contributed by atoms with Crippen molar-refractivity contribution in [2.24, 2.45) is 5.16 Å². The molecule has 0 fully saturated rings. The lowest BCUT2D eigenvalue weighted by atomic mass is 10.2. The predicted molar refractivity (Wildman–Crippen MR) is 114 cm³/mol. The molecule has 1 amide bonds. The summed E-state index contributed by atoms with van der Waals surface area (Å²) in [4.78, 5) is 17.1. The molecule has 0 aliphatic carbocycles. The zero-order valence-electron chi connectivity index (χ0n) is 16.9. The zero-order valence-corrected chi connectivity index (χ0v) is 18.5. The minimum absolute atomic E-state index is 0.125. The Morgan fingerprint density at radius 2 is 1.83 bits per heavy atom. The summed E-state index contributed by atoms with van der Waals surface area (Å²) in [5, 5.41) is 6.67. The Morgan fingerprint density at radius 1 is 1.17 bits per heavy atom. The van der Waals surface area contributed by atoms with Crippen LogP contribution in [0.4, 0.5) is 5.69 Å². The number of ether oxygens (including phenoxy) is 2.